The minimum Gasteiger partial charge on any atom is -0.497 e. The fourth-order valence-corrected chi connectivity index (χ4v) is 5.77. The number of carbonyl (C=O) groups excluding carboxylic acids is 1. The number of anilines is 1. The normalized spacial score (nSPS) is 15.6. The van der Waals surface area contributed by atoms with E-state index in [1.165, 1.54) is 23.5 Å². The van der Waals surface area contributed by atoms with Crippen molar-refractivity contribution in [3.05, 3.63) is 60.2 Å². The minimum absolute atomic E-state index is 0.151. The number of carbonyl (C=O) groups is 1. The molecule has 180 valence electrons. The molecule has 34 heavy (non-hydrogen) atoms. The Labute approximate surface area is 200 Å². The van der Waals surface area contributed by atoms with Crippen molar-refractivity contribution in [1.82, 2.24) is 4.31 Å². The van der Waals surface area contributed by atoms with Crippen LogP contribution in [0, 0.1) is 0 Å². The Bertz CT molecular complexity index is 1300. The molecule has 0 saturated carbocycles. The summed E-state index contributed by atoms with van der Waals surface area (Å²) in [5, 5.41) is 4.90. The summed E-state index contributed by atoms with van der Waals surface area (Å²) in [6.45, 7) is 2.85. The third kappa shape index (κ3) is 4.88. The molecule has 3 aromatic carbocycles. The molecule has 1 saturated heterocycles. The molecule has 3 aromatic rings. The van der Waals surface area contributed by atoms with Gasteiger partial charge in [0, 0.05) is 13.1 Å². The van der Waals surface area contributed by atoms with Gasteiger partial charge in [0.05, 0.1) is 30.7 Å². The molecular formula is C26H30N2O5S. The Balaban J connectivity index is 1.58. The summed E-state index contributed by atoms with van der Waals surface area (Å²) < 4.78 is 38.4. The van der Waals surface area contributed by atoms with E-state index < -0.39 is 15.9 Å². The van der Waals surface area contributed by atoms with Crippen LogP contribution in [0.2, 0.25) is 0 Å². The lowest BCUT2D eigenvalue weighted by atomic mass is 9.97. The van der Waals surface area contributed by atoms with E-state index in [4.69, 9.17) is 9.47 Å². The molecule has 0 unspecified atom stereocenters. The van der Waals surface area contributed by atoms with Crippen LogP contribution in [0.4, 0.5) is 5.69 Å². The number of sulfonamides is 1. The molecule has 1 heterocycles. The van der Waals surface area contributed by atoms with Gasteiger partial charge in [-0.1, -0.05) is 30.7 Å². The highest BCUT2D eigenvalue weighted by molar-refractivity contribution is 7.89. The number of methoxy groups -OCH3 is 2. The zero-order valence-electron chi connectivity index (χ0n) is 19.7. The minimum atomic E-state index is -3.63. The molecule has 1 atom stereocenters. The van der Waals surface area contributed by atoms with E-state index >= 15 is 0 Å². The van der Waals surface area contributed by atoms with Gasteiger partial charge in [0.25, 0.3) is 0 Å². The number of benzene rings is 3. The molecule has 0 aromatic heterocycles. The fraction of sp³-hybridized carbons (Fsp3) is 0.346. The third-order valence-electron chi connectivity index (χ3n) is 6.35. The number of ether oxygens (including phenoxy) is 2. The van der Waals surface area contributed by atoms with E-state index in [0.717, 1.165) is 41.3 Å². The Morgan fingerprint density at radius 1 is 0.912 bits per heavy atom. The zero-order valence-corrected chi connectivity index (χ0v) is 20.5. The molecule has 1 amide bonds. The van der Waals surface area contributed by atoms with Crippen LogP contribution >= 0.6 is 0 Å². The Morgan fingerprint density at radius 2 is 1.62 bits per heavy atom. The van der Waals surface area contributed by atoms with Gasteiger partial charge >= 0.3 is 0 Å². The van der Waals surface area contributed by atoms with Crippen LogP contribution in [0.1, 0.15) is 37.7 Å². The maximum absolute atomic E-state index is 13.1. The first-order valence-corrected chi connectivity index (χ1v) is 12.8. The van der Waals surface area contributed by atoms with E-state index in [1.54, 1.807) is 13.2 Å². The first-order valence-electron chi connectivity index (χ1n) is 11.4. The molecule has 0 spiro atoms. The molecule has 8 heteroatoms. The van der Waals surface area contributed by atoms with Crippen molar-refractivity contribution in [1.29, 1.82) is 0 Å². The zero-order chi connectivity index (χ0) is 24.3. The SMILES string of the molecule is COc1ccc2cc([C@H](C)C(=O)Nc3cc(S(=O)(=O)N4CCCCC4)ccc3OC)ccc2c1. The van der Waals surface area contributed by atoms with Gasteiger partial charge < -0.3 is 14.8 Å². The van der Waals surface area contributed by atoms with Crippen LogP contribution in [0.15, 0.2) is 59.5 Å². The third-order valence-corrected chi connectivity index (χ3v) is 8.24. The van der Waals surface area contributed by atoms with Crippen LogP contribution in [-0.4, -0.2) is 45.9 Å². The van der Waals surface area contributed by atoms with Crippen LogP contribution in [-0.2, 0) is 14.8 Å². The van der Waals surface area contributed by atoms with Crippen LogP contribution < -0.4 is 14.8 Å². The topological polar surface area (TPSA) is 84.9 Å². The first kappa shape index (κ1) is 24.0. The molecule has 1 N–H and O–H groups in total. The second-order valence-electron chi connectivity index (χ2n) is 8.51. The second kappa shape index (κ2) is 10.0. The lowest BCUT2D eigenvalue weighted by Gasteiger charge is -2.26. The summed E-state index contributed by atoms with van der Waals surface area (Å²) in [6, 6.07) is 16.2. The number of rotatable bonds is 7. The van der Waals surface area contributed by atoms with Gasteiger partial charge in [0.2, 0.25) is 15.9 Å². The Hall–Kier alpha value is -3.10. The van der Waals surface area contributed by atoms with Crippen molar-refractivity contribution in [3.63, 3.8) is 0 Å². The smallest absolute Gasteiger partial charge is 0.243 e. The predicted octanol–water partition coefficient (Wildman–Crippen LogP) is 4.77. The van der Waals surface area contributed by atoms with Gasteiger partial charge in [-0.15, -0.1) is 0 Å². The second-order valence-corrected chi connectivity index (χ2v) is 10.4. The van der Waals surface area contributed by atoms with Crippen molar-refractivity contribution >= 4 is 32.4 Å². The molecule has 1 aliphatic rings. The number of hydrogen-bond donors (Lipinski definition) is 1. The summed E-state index contributed by atoms with van der Waals surface area (Å²) in [4.78, 5) is 13.3. The van der Waals surface area contributed by atoms with Crippen molar-refractivity contribution in [2.24, 2.45) is 0 Å². The monoisotopic (exact) mass is 482 g/mol. The molecule has 0 bridgehead atoms. The maximum atomic E-state index is 13.1. The highest BCUT2D eigenvalue weighted by Crippen LogP contribution is 2.32. The molecule has 7 nitrogen and oxygen atoms in total. The average Bonchev–Trinajstić information content (AvgIpc) is 2.88. The highest BCUT2D eigenvalue weighted by atomic mass is 32.2. The number of nitrogens with zero attached hydrogens (tertiary/aromatic N) is 1. The van der Waals surface area contributed by atoms with Crippen molar-refractivity contribution in [2.75, 3.05) is 32.6 Å². The Kier molecular flexibility index (Phi) is 7.09. The molecular weight excluding hydrogens is 452 g/mol. The summed E-state index contributed by atoms with van der Waals surface area (Å²) in [5.74, 6) is 0.471. The van der Waals surface area contributed by atoms with Crippen LogP contribution in [0.5, 0.6) is 11.5 Å². The van der Waals surface area contributed by atoms with Gasteiger partial charge in [0.15, 0.2) is 0 Å². The van der Waals surface area contributed by atoms with Gasteiger partial charge in [-0.25, -0.2) is 8.42 Å². The number of hydrogen-bond acceptors (Lipinski definition) is 5. The van der Waals surface area contributed by atoms with E-state index in [2.05, 4.69) is 5.32 Å². The van der Waals surface area contributed by atoms with Crippen LogP contribution in [0.3, 0.4) is 0 Å². The van der Waals surface area contributed by atoms with Gasteiger partial charge in [-0.2, -0.15) is 4.31 Å². The largest absolute Gasteiger partial charge is 0.497 e. The summed E-state index contributed by atoms with van der Waals surface area (Å²) in [5.41, 5.74) is 1.19. The number of amides is 1. The van der Waals surface area contributed by atoms with Crippen molar-refractivity contribution < 1.29 is 22.7 Å². The van der Waals surface area contributed by atoms with E-state index in [0.29, 0.717) is 24.5 Å². The number of fused-ring (bicyclic) bond motifs is 1. The fourth-order valence-electron chi connectivity index (χ4n) is 4.23. The average molecular weight is 483 g/mol. The Morgan fingerprint density at radius 3 is 2.32 bits per heavy atom. The highest BCUT2D eigenvalue weighted by Gasteiger charge is 2.27. The van der Waals surface area contributed by atoms with Gasteiger partial charge in [-0.3, -0.25) is 4.79 Å². The van der Waals surface area contributed by atoms with E-state index in [-0.39, 0.29) is 10.8 Å². The molecule has 1 aliphatic heterocycles. The van der Waals surface area contributed by atoms with Crippen molar-refractivity contribution in [3.8, 4) is 11.5 Å². The van der Waals surface area contributed by atoms with E-state index in [9.17, 15) is 13.2 Å². The summed E-state index contributed by atoms with van der Waals surface area (Å²) in [6.07, 6.45) is 2.75. The van der Waals surface area contributed by atoms with E-state index in [1.807, 2.05) is 43.3 Å². The number of piperidine rings is 1. The molecule has 0 aliphatic carbocycles. The van der Waals surface area contributed by atoms with Gasteiger partial charge in [0.1, 0.15) is 11.5 Å². The molecule has 1 fully saturated rings. The van der Waals surface area contributed by atoms with Gasteiger partial charge in [-0.05, 0) is 66.4 Å². The summed E-state index contributed by atoms with van der Waals surface area (Å²) >= 11 is 0. The maximum Gasteiger partial charge on any atom is 0.243 e. The summed E-state index contributed by atoms with van der Waals surface area (Å²) in [7, 11) is -0.513. The lowest BCUT2D eigenvalue weighted by Crippen LogP contribution is -2.35. The standard InChI is InChI=1S/C26H30N2O5S/c1-18(19-7-8-21-16-22(32-2)10-9-20(21)15-19)26(29)27-24-17-23(11-12-25(24)33-3)34(30,31)28-13-5-4-6-14-28/h7-12,15-18H,4-6,13-14H2,1-3H3,(H,27,29)/t18-/m0/s1. The lowest BCUT2D eigenvalue weighted by molar-refractivity contribution is -0.117. The first-order chi connectivity index (χ1) is 16.3. The van der Waals surface area contributed by atoms with Crippen LogP contribution in [0.25, 0.3) is 10.8 Å². The predicted molar refractivity (Wildman–Crippen MR) is 133 cm³/mol. The quantitative estimate of drug-likeness (QED) is 0.524. The number of nitrogens with one attached hydrogen (secondary N) is 1. The molecule has 0 radical (unpaired) electrons. The van der Waals surface area contributed by atoms with Crippen molar-refractivity contribution in [2.45, 2.75) is 37.0 Å². The molecule has 4 rings (SSSR count).